The Balaban J connectivity index is 1.51. The first-order valence-electron chi connectivity index (χ1n) is 12.0. The lowest BCUT2D eigenvalue weighted by Crippen LogP contribution is -2.55. The van der Waals surface area contributed by atoms with Gasteiger partial charge in [0.1, 0.15) is 0 Å². The Hall–Kier alpha value is -0.570. The van der Waals surface area contributed by atoms with Gasteiger partial charge in [0.25, 0.3) is 0 Å². The third kappa shape index (κ3) is 3.24. The fourth-order valence-corrected chi connectivity index (χ4v) is 8.96. The lowest BCUT2D eigenvalue weighted by atomic mass is 9.43. The molecule has 0 heterocycles. The number of aliphatic hydroxyl groups is 1. The number of aliphatic carboxylic acids is 1. The summed E-state index contributed by atoms with van der Waals surface area (Å²) in [6.45, 7) is 9.49. The smallest absolute Gasteiger partial charge is 0.303 e. The van der Waals surface area contributed by atoms with E-state index in [4.69, 9.17) is 5.11 Å². The molecule has 0 spiro atoms. The SMILES string of the molecule is C[C@H](CCC(=O)O)[C@H]1CC[C@H]2[C@@H]3CC[C@@H]4C[C@@](C)(O)CC[C@]4(C)C3CC[C@]12C. The molecule has 4 aliphatic carbocycles. The van der Waals surface area contributed by atoms with Crippen molar-refractivity contribution >= 4 is 5.97 Å². The number of carboxylic acids is 1. The molecule has 0 amide bonds. The van der Waals surface area contributed by atoms with E-state index in [1.54, 1.807) is 0 Å². The number of hydrogen-bond acceptors (Lipinski definition) is 2. The Labute approximate surface area is 171 Å². The van der Waals surface area contributed by atoms with Crippen molar-refractivity contribution in [1.82, 2.24) is 0 Å². The Morgan fingerprint density at radius 3 is 2.39 bits per heavy atom. The summed E-state index contributed by atoms with van der Waals surface area (Å²) in [5.41, 5.74) is 0.403. The van der Waals surface area contributed by atoms with E-state index in [1.807, 2.05) is 0 Å². The molecule has 0 bridgehead atoms. The van der Waals surface area contributed by atoms with Crippen LogP contribution < -0.4 is 0 Å². The fourth-order valence-electron chi connectivity index (χ4n) is 8.96. The zero-order valence-corrected chi connectivity index (χ0v) is 18.5. The first-order chi connectivity index (χ1) is 13.1. The van der Waals surface area contributed by atoms with E-state index in [1.165, 1.54) is 44.9 Å². The quantitative estimate of drug-likeness (QED) is 0.628. The summed E-state index contributed by atoms with van der Waals surface area (Å²) < 4.78 is 0. The minimum Gasteiger partial charge on any atom is -0.481 e. The Kier molecular flexibility index (Phi) is 5.17. The van der Waals surface area contributed by atoms with Gasteiger partial charge in [0.05, 0.1) is 5.60 Å². The van der Waals surface area contributed by atoms with Crippen LogP contribution >= 0.6 is 0 Å². The lowest BCUT2D eigenvalue weighted by molar-refractivity contribution is -0.148. The van der Waals surface area contributed by atoms with Crippen LogP contribution in [0.3, 0.4) is 0 Å². The average molecular weight is 391 g/mol. The van der Waals surface area contributed by atoms with Crippen molar-refractivity contribution in [2.75, 3.05) is 0 Å². The normalized spacial score (nSPS) is 51.7. The van der Waals surface area contributed by atoms with Crippen LogP contribution in [0.2, 0.25) is 0 Å². The first kappa shape index (κ1) is 20.7. The third-order valence-electron chi connectivity index (χ3n) is 10.5. The molecular weight excluding hydrogens is 348 g/mol. The predicted molar refractivity (Wildman–Crippen MR) is 112 cm³/mol. The van der Waals surface area contributed by atoms with Gasteiger partial charge in [0.15, 0.2) is 0 Å². The van der Waals surface area contributed by atoms with Gasteiger partial charge in [-0.15, -0.1) is 0 Å². The van der Waals surface area contributed by atoms with Crippen LogP contribution in [0, 0.1) is 46.3 Å². The molecule has 3 nitrogen and oxygen atoms in total. The number of fused-ring (bicyclic) bond motifs is 5. The van der Waals surface area contributed by atoms with E-state index in [-0.39, 0.29) is 0 Å². The van der Waals surface area contributed by atoms with E-state index in [0.717, 1.165) is 37.0 Å². The molecule has 4 aliphatic rings. The maximum atomic E-state index is 11.1. The van der Waals surface area contributed by atoms with E-state index in [9.17, 15) is 9.90 Å². The minimum absolute atomic E-state index is 0.324. The molecule has 0 aromatic heterocycles. The molecule has 0 aliphatic heterocycles. The zero-order chi connectivity index (χ0) is 20.3. The second kappa shape index (κ2) is 7.00. The molecule has 4 fully saturated rings. The summed E-state index contributed by atoms with van der Waals surface area (Å²) >= 11 is 0. The molecule has 28 heavy (non-hydrogen) atoms. The molecule has 1 unspecified atom stereocenters. The molecule has 3 heteroatoms. The average Bonchev–Trinajstić information content (AvgIpc) is 2.97. The summed E-state index contributed by atoms with van der Waals surface area (Å²) in [5, 5.41) is 19.8. The van der Waals surface area contributed by atoms with Crippen molar-refractivity contribution < 1.29 is 15.0 Å². The standard InChI is InChI=1S/C25H42O3/c1-16(5-10-22(26)27)19-8-9-20-18-7-6-17-15-23(2,28)13-14-24(17,3)21(18)11-12-25(19,20)4/h16-21,28H,5-15H2,1-4H3,(H,26,27)/t16-,17-,18+,19-,20+,21?,23+,24+,25-/m1/s1. The molecule has 0 radical (unpaired) electrons. The summed E-state index contributed by atoms with van der Waals surface area (Å²) in [6, 6.07) is 0. The number of carboxylic acid groups (broad SMARTS) is 1. The predicted octanol–water partition coefficient (Wildman–Crippen LogP) is 5.90. The van der Waals surface area contributed by atoms with Crippen LogP contribution in [0.1, 0.15) is 98.3 Å². The highest BCUT2D eigenvalue weighted by molar-refractivity contribution is 5.66. The molecule has 0 saturated heterocycles. The monoisotopic (exact) mass is 390 g/mol. The summed E-state index contributed by atoms with van der Waals surface area (Å²) in [6.07, 6.45) is 12.4. The first-order valence-corrected chi connectivity index (χ1v) is 12.0. The number of carbonyl (C=O) groups is 1. The van der Waals surface area contributed by atoms with Gasteiger partial charge in [0.2, 0.25) is 0 Å². The minimum atomic E-state index is -0.644. The van der Waals surface area contributed by atoms with Gasteiger partial charge >= 0.3 is 5.97 Å². The largest absolute Gasteiger partial charge is 0.481 e. The second-order valence-electron chi connectivity index (χ2n) is 12.0. The van der Waals surface area contributed by atoms with Crippen molar-refractivity contribution in [3.8, 4) is 0 Å². The van der Waals surface area contributed by atoms with Gasteiger partial charge in [0, 0.05) is 6.42 Å². The van der Waals surface area contributed by atoms with E-state index in [2.05, 4.69) is 27.7 Å². The fraction of sp³-hybridized carbons (Fsp3) is 0.960. The lowest BCUT2D eigenvalue weighted by Gasteiger charge is -2.62. The van der Waals surface area contributed by atoms with Crippen molar-refractivity contribution in [3.05, 3.63) is 0 Å². The molecule has 160 valence electrons. The van der Waals surface area contributed by atoms with Crippen LogP contribution in [0.5, 0.6) is 0 Å². The van der Waals surface area contributed by atoms with Crippen LogP contribution in [-0.2, 0) is 4.79 Å². The van der Waals surface area contributed by atoms with Crippen LogP contribution in [0.25, 0.3) is 0 Å². The van der Waals surface area contributed by atoms with Crippen molar-refractivity contribution in [1.29, 1.82) is 0 Å². The van der Waals surface area contributed by atoms with E-state index < -0.39 is 11.6 Å². The second-order valence-corrected chi connectivity index (χ2v) is 12.0. The summed E-state index contributed by atoms with van der Waals surface area (Å²) in [5.74, 6) is 3.83. The topological polar surface area (TPSA) is 57.5 Å². The van der Waals surface area contributed by atoms with Gasteiger partial charge in [-0.25, -0.2) is 0 Å². The van der Waals surface area contributed by atoms with Gasteiger partial charge < -0.3 is 10.2 Å². The third-order valence-corrected chi connectivity index (χ3v) is 10.5. The summed E-state index contributed by atoms with van der Waals surface area (Å²) in [4.78, 5) is 11.1. The van der Waals surface area contributed by atoms with Crippen molar-refractivity contribution in [2.24, 2.45) is 46.3 Å². The Morgan fingerprint density at radius 2 is 1.68 bits per heavy atom. The maximum Gasteiger partial charge on any atom is 0.303 e. The molecule has 2 N–H and O–H groups in total. The number of hydrogen-bond donors (Lipinski definition) is 2. The van der Waals surface area contributed by atoms with Gasteiger partial charge in [-0.2, -0.15) is 0 Å². The highest BCUT2D eigenvalue weighted by Crippen LogP contribution is 2.68. The zero-order valence-electron chi connectivity index (χ0n) is 18.5. The molecule has 9 atom stereocenters. The maximum absolute atomic E-state index is 11.1. The van der Waals surface area contributed by atoms with Crippen LogP contribution in [0.15, 0.2) is 0 Å². The van der Waals surface area contributed by atoms with Gasteiger partial charge in [-0.3, -0.25) is 4.79 Å². The molecule has 4 rings (SSSR count). The Bertz CT molecular complexity index is 613. The van der Waals surface area contributed by atoms with Crippen molar-refractivity contribution in [3.63, 3.8) is 0 Å². The van der Waals surface area contributed by atoms with Gasteiger partial charge in [-0.05, 0) is 117 Å². The van der Waals surface area contributed by atoms with Crippen molar-refractivity contribution in [2.45, 2.75) is 104 Å². The van der Waals surface area contributed by atoms with Gasteiger partial charge in [-0.1, -0.05) is 20.8 Å². The molecule has 0 aromatic carbocycles. The van der Waals surface area contributed by atoms with E-state index >= 15 is 0 Å². The number of rotatable bonds is 4. The molecule has 4 saturated carbocycles. The van der Waals surface area contributed by atoms with Crippen LogP contribution in [0.4, 0.5) is 0 Å². The summed E-state index contributed by atoms with van der Waals surface area (Å²) in [7, 11) is 0. The highest BCUT2D eigenvalue weighted by atomic mass is 16.4. The molecular formula is C25H42O3. The Morgan fingerprint density at radius 1 is 0.964 bits per heavy atom. The van der Waals surface area contributed by atoms with E-state index in [0.29, 0.717) is 35.0 Å². The van der Waals surface area contributed by atoms with Crippen LogP contribution in [-0.4, -0.2) is 21.8 Å². The molecule has 0 aromatic rings. The highest BCUT2D eigenvalue weighted by Gasteiger charge is 2.61.